The lowest BCUT2D eigenvalue weighted by atomic mass is 10.1. The van der Waals surface area contributed by atoms with E-state index in [1.54, 1.807) is 0 Å². The summed E-state index contributed by atoms with van der Waals surface area (Å²) in [5.41, 5.74) is -0.582. The summed E-state index contributed by atoms with van der Waals surface area (Å²) in [5, 5.41) is 2.45. The van der Waals surface area contributed by atoms with Crippen LogP contribution in [0.2, 0.25) is 0 Å². The van der Waals surface area contributed by atoms with Crippen molar-refractivity contribution < 1.29 is 18.0 Å². The summed E-state index contributed by atoms with van der Waals surface area (Å²) in [6, 6.07) is 2.21. The molecule has 1 amide bonds. The van der Waals surface area contributed by atoms with Crippen LogP contribution in [0.25, 0.3) is 0 Å². The Morgan fingerprint density at radius 2 is 2.07 bits per heavy atom. The first-order valence-corrected chi connectivity index (χ1v) is 4.34. The van der Waals surface area contributed by atoms with Gasteiger partial charge in [0.25, 0.3) is 5.91 Å². The molecule has 0 saturated carbocycles. The third-order valence-electron chi connectivity index (χ3n) is 2.16. The monoisotopic (exact) mass is 216 g/mol. The Balaban J connectivity index is 2.49. The van der Waals surface area contributed by atoms with Crippen molar-refractivity contribution in [2.24, 2.45) is 0 Å². The number of halogens is 3. The summed E-state index contributed by atoms with van der Waals surface area (Å²) < 4.78 is 36.9. The summed E-state index contributed by atoms with van der Waals surface area (Å²) in [6.07, 6.45) is -3.99. The lowest BCUT2D eigenvalue weighted by molar-refractivity contribution is -0.141. The number of nitrogens with zero attached hydrogens (tertiary/aromatic N) is 1. The van der Waals surface area contributed by atoms with E-state index in [0.717, 1.165) is 6.07 Å². The maximum Gasteiger partial charge on any atom is 0.433 e. The molecule has 2 heterocycles. The van der Waals surface area contributed by atoms with Crippen LogP contribution in [0.3, 0.4) is 0 Å². The largest absolute Gasteiger partial charge is 0.433 e. The van der Waals surface area contributed by atoms with E-state index in [2.05, 4.69) is 10.3 Å². The molecule has 1 aliphatic rings. The number of hydrogen-bond donors (Lipinski definition) is 1. The van der Waals surface area contributed by atoms with Crippen LogP contribution in [-0.4, -0.2) is 17.4 Å². The van der Waals surface area contributed by atoms with E-state index in [9.17, 15) is 18.0 Å². The Morgan fingerprint density at radius 3 is 2.73 bits per heavy atom. The zero-order valence-electron chi connectivity index (χ0n) is 7.56. The van der Waals surface area contributed by atoms with Crippen molar-refractivity contribution in [3.05, 3.63) is 29.1 Å². The first-order valence-electron chi connectivity index (χ1n) is 4.34. The molecule has 0 radical (unpaired) electrons. The van der Waals surface area contributed by atoms with Crippen molar-refractivity contribution in [2.75, 3.05) is 6.54 Å². The molecule has 3 nitrogen and oxygen atoms in total. The molecule has 0 unspecified atom stereocenters. The number of nitrogens with one attached hydrogen (secondary N) is 1. The molecule has 15 heavy (non-hydrogen) atoms. The normalized spacial score (nSPS) is 15.8. The minimum absolute atomic E-state index is 0.115. The Hall–Kier alpha value is -1.59. The van der Waals surface area contributed by atoms with Crippen molar-refractivity contribution >= 4 is 5.91 Å². The van der Waals surface area contributed by atoms with Crippen molar-refractivity contribution in [3.63, 3.8) is 0 Å². The first-order chi connectivity index (χ1) is 6.98. The Bertz CT molecular complexity index is 414. The minimum Gasteiger partial charge on any atom is -0.350 e. The van der Waals surface area contributed by atoms with E-state index in [1.165, 1.54) is 6.07 Å². The van der Waals surface area contributed by atoms with Gasteiger partial charge in [-0.25, -0.2) is 4.98 Å². The van der Waals surface area contributed by atoms with E-state index < -0.39 is 17.8 Å². The molecule has 6 heteroatoms. The third kappa shape index (κ3) is 1.79. The van der Waals surface area contributed by atoms with Crippen LogP contribution in [0, 0.1) is 0 Å². The third-order valence-corrected chi connectivity index (χ3v) is 2.16. The molecule has 2 rings (SSSR count). The van der Waals surface area contributed by atoms with Crippen LogP contribution in [0.4, 0.5) is 13.2 Å². The Morgan fingerprint density at radius 1 is 1.33 bits per heavy atom. The van der Waals surface area contributed by atoms with E-state index in [1.807, 2.05) is 0 Å². The highest BCUT2D eigenvalue weighted by atomic mass is 19.4. The molecule has 0 saturated heterocycles. The zero-order valence-corrected chi connectivity index (χ0v) is 7.56. The fraction of sp³-hybridized carbons (Fsp3) is 0.333. The molecule has 0 bridgehead atoms. The van der Waals surface area contributed by atoms with Gasteiger partial charge in [-0.15, -0.1) is 0 Å². The van der Waals surface area contributed by atoms with Gasteiger partial charge < -0.3 is 5.32 Å². The van der Waals surface area contributed by atoms with Gasteiger partial charge in [0.1, 0.15) is 11.4 Å². The molecule has 1 aromatic heterocycles. The maximum atomic E-state index is 12.3. The lowest BCUT2D eigenvalue weighted by Crippen LogP contribution is -2.33. The van der Waals surface area contributed by atoms with Crippen LogP contribution < -0.4 is 5.32 Å². The van der Waals surface area contributed by atoms with E-state index in [0.29, 0.717) is 18.5 Å². The van der Waals surface area contributed by atoms with Gasteiger partial charge in [-0.3, -0.25) is 4.79 Å². The fourth-order valence-electron chi connectivity index (χ4n) is 1.44. The summed E-state index contributed by atoms with van der Waals surface area (Å²) in [5.74, 6) is -0.539. The van der Waals surface area contributed by atoms with Crippen LogP contribution >= 0.6 is 0 Å². The first kappa shape index (κ1) is 9.95. The summed E-state index contributed by atoms with van der Waals surface area (Å²) in [4.78, 5) is 14.6. The number of amides is 1. The zero-order chi connectivity index (χ0) is 11.1. The fourth-order valence-corrected chi connectivity index (χ4v) is 1.44. The van der Waals surface area contributed by atoms with Crippen LogP contribution in [0.5, 0.6) is 0 Å². The van der Waals surface area contributed by atoms with Crippen LogP contribution in [0.1, 0.15) is 21.7 Å². The van der Waals surface area contributed by atoms with Crippen LogP contribution in [-0.2, 0) is 12.6 Å². The van der Waals surface area contributed by atoms with Crippen molar-refractivity contribution in [2.45, 2.75) is 12.6 Å². The maximum absolute atomic E-state index is 12.3. The topological polar surface area (TPSA) is 42.0 Å². The summed E-state index contributed by atoms with van der Waals surface area (Å²) in [7, 11) is 0. The van der Waals surface area contributed by atoms with Gasteiger partial charge in [-0.1, -0.05) is 6.07 Å². The van der Waals surface area contributed by atoms with Gasteiger partial charge >= 0.3 is 6.18 Å². The summed E-state index contributed by atoms with van der Waals surface area (Å²) >= 11 is 0. The predicted octanol–water partition coefficient (Wildman–Crippen LogP) is 1.39. The Kier molecular flexibility index (Phi) is 2.13. The number of carbonyl (C=O) groups is 1. The molecule has 80 valence electrons. The average Bonchev–Trinajstić information content (AvgIpc) is 2.16. The van der Waals surface area contributed by atoms with Gasteiger partial charge in [0.15, 0.2) is 0 Å². The molecule has 0 fully saturated rings. The number of hydrogen-bond acceptors (Lipinski definition) is 2. The number of pyridine rings is 1. The number of rotatable bonds is 0. The van der Waals surface area contributed by atoms with Crippen molar-refractivity contribution in [1.82, 2.24) is 10.3 Å². The number of carbonyl (C=O) groups excluding carboxylic acids is 1. The molecule has 0 aliphatic carbocycles. The second-order valence-corrected chi connectivity index (χ2v) is 3.21. The van der Waals surface area contributed by atoms with Crippen molar-refractivity contribution in [3.8, 4) is 0 Å². The van der Waals surface area contributed by atoms with E-state index in [4.69, 9.17) is 0 Å². The molecule has 0 spiro atoms. The Labute approximate surface area is 83.3 Å². The van der Waals surface area contributed by atoms with Crippen LogP contribution in [0.15, 0.2) is 12.1 Å². The van der Waals surface area contributed by atoms with Gasteiger partial charge in [-0.05, 0) is 18.1 Å². The average molecular weight is 216 g/mol. The van der Waals surface area contributed by atoms with Gasteiger partial charge in [0, 0.05) is 6.54 Å². The SMILES string of the molecule is O=C1NCCc2ccc(C(F)(F)F)nc21. The predicted molar refractivity (Wildman–Crippen MR) is 45.3 cm³/mol. The van der Waals surface area contributed by atoms with Gasteiger partial charge in [-0.2, -0.15) is 13.2 Å². The second kappa shape index (κ2) is 3.22. The standard InChI is InChI=1S/C9H7F3N2O/c10-9(11,12)6-2-1-5-3-4-13-8(15)7(5)14-6/h1-2H,3-4H2,(H,13,15). The molecule has 1 N–H and O–H groups in total. The number of aromatic nitrogens is 1. The molecule has 1 aliphatic heterocycles. The highest BCUT2D eigenvalue weighted by molar-refractivity contribution is 5.94. The number of alkyl halides is 3. The highest BCUT2D eigenvalue weighted by Crippen LogP contribution is 2.28. The molecular weight excluding hydrogens is 209 g/mol. The highest BCUT2D eigenvalue weighted by Gasteiger charge is 2.34. The molecule has 1 aromatic rings. The number of fused-ring (bicyclic) bond motifs is 1. The minimum atomic E-state index is -4.51. The smallest absolute Gasteiger partial charge is 0.350 e. The second-order valence-electron chi connectivity index (χ2n) is 3.21. The van der Waals surface area contributed by atoms with Gasteiger partial charge in [0.05, 0.1) is 0 Å². The quantitative estimate of drug-likeness (QED) is 0.712. The van der Waals surface area contributed by atoms with E-state index >= 15 is 0 Å². The molecule has 0 aromatic carbocycles. The van der Waals surface area contributed by atoms with E-state index in [-0.39, 0.29) is 5.69 Å². The van der Waals surface area contributed by atoms with Crippen molar-refractivity contribution in [1.29, 1.82) is 0 Å². The molecular formula is C9H7F3N2O. The molecule has 0 atom stereocenters. The summed E-state index contributed by atoms with van der Waals surface area (Å²) in [6.45, 7) is 0.443. The van der Waals surface area contributed by atoms with Gasteiger partial charge in [0.2, 0.25) is 0 Å². The lowest BCUT2D eigenvalue weighted by Gasteiger charge is -2.16.